The van der Waals surface area contributed by atoms with Gasteiger partial charge in [-0.1, -0.05) is 29.8 Å². The molecule has 1 fully saturated rings. The molecule has 1 saturated heterocycles. The van der Waals surface area contributed by atoms with Crippen molar-refractivity contribution in [1.82, 2.24) is 10.2 Å². The SMILES string of the molecule is CNC(c1ccc(C)cc1)C(C)N(C)CC1CCCOC1. The zero-order valence-electron chi connectivity index (χ0n) is 13.9. The lowest BCUT2D eigenvalue weighted by Crippen LogP contribution is -2.43. The number of nitrogens with one attached hydrogen (secondary N) is 1. The quantitative estimate of drug-likeness (QED) is 0.871. The molecule has 0 aliphatic carbocycles. The molecule has 0 spiro atoms. The number of ether oxygens (including phenoxy) is 1. The minimum Gasteiger partial charge on any atom is -0.381 e. The predicted molar refractivity (Wildman–Crippen MR) is 88.6 cm³/mol. The second-order valence-electron chi connectivity index (χ2n) is 6.44. The zero-order valence-corrected chi connectivity index (χ0v) is 13.9. The molecule has 0 radical (unpaired) electrons. The highest BCUT2D eigenvalue weighted by Gasteiger charge is 2.24. The fourth-order valence-electron chi connectivity index (χ4n) is 3.24. The predicted octanol–water partition coefficient (Wildman–Crippen LogP) is 3.00. The highest BCUT2D eigenvalue weighted by molar-refractivity contribution is 5.25. The standard InChI is InChI=1S/C18H30N2O/c1-14-7-9-17(10-8-14)18(19-3)15(2)20(4)12-16-6-5-11-21-13-16/h7-10,15-16,18-19H,5-6,11-13H2,1-4H3. The lowest BCUT2D eigenvalue weighted by atomic mass is 9.96. The van der Waals surface area contributed by atoms with Crippen LogP contribution in [-0.2, 0) is 4.74 Å². The van der Waals surface area contributed by atoms with E-state index in [1.165, 1.54) is 24.0 Å². The summed E-state index contributed by atoms with van der Waals surface area (Å²) in [6, 6.07) is 9.69. The van der Waals surface area contributed by atoms with Crippen molar-refractivity contribution in [3.63, 3.8) is 0 Å². The summed E-state index contributed by atoms with van der Waals surface area (Å²) in [5.41, 5.74) is 2.68. The molecule has 118 valence electrons. The van der Waals surface area contributed by atoms with E-state index in [1.807, 2.05) is 0 Å². The molecule has 1 aromatic carbocycles. The number of aryl methyl sites for hydroxylation is 1. The van der Waals surface area contributed by atoms with E-state index in [2.05, 4.69) is 62.4 Å². The first-order valence-corrected chi connectivity index (χ1v) is 8.13. The summed E-state index contributed by atoms with van der Waals surface area (Å²) in [4.78, 5) is 2.47. The Morgan fingerprint density at radius 2 is 2.05 bits per heavy atom. The molecule has 1 aliphatic rings. The summed E-state index contributed by atoms with van der Waals surface area (Å²) in [6.07, 6.45) is 2.51. The monoisotopic (exact) mass is 290 g/mol. The van der Waals surface area contributed by atoms with Crippen LogP contribution < -0.4 is 5.32 Å². The highest BCUT2D eigenvalue weighted by atomic mass is 16.5. The van der Waals surface area contributed by atoms with Crippen LogP contribution in [0.5, 0.6) is 0 Å². The van der Waals surface area contributed by atoms with Gasteiger partial charge in [-0.15, -0.1) is 0 Å². The van der Waals surface area contributed by atoms with Gasteiger partial charge < -0.3 is 15.0 Å². The maximum absolute atomic E-state index is 5.61. The molecular weight excluding hydrogens is 260 g/mol. The van der Waals surface area contributed by atoms with E-state index in [-0.39, 0.29) is 0 Å². The first kappa shape index (κ1) is 16.5. The molecule has 0 amide bonds. The highest BCUT2D eigenvalue weighted by Crippen LogP contribution is 2.23. The normalized spacial score (nSPS) is 22.2. The second-order valence-corrected chi connectivity index (χ2v) is 6.44. The molecule has 1 heterocycles. The maximum atomic E-state index is 5.61. The van der Waals surface area contributed by atoms with Gasteiger partial charge in [-0.3, -0.25) is 0 Å². The van der Waals surface area contributed by atoms with Crippen LogP contribution in [0.3, 0.4) is 0 Å². The molecular formula is C18H30N2O. The van der Waals surface area contributed by atoms with E-state index in [4.69, 9.17) is 4.74 Å². The lowest BCUT2D eigenvalue weighted by molar-refractivity contribution is 0.0347. The van der Waals surface area contributed by atoms with Crippen LogP contribution in [0.25, 0.3) is 0 Å². The summed E-state index contributed by atoms with van der Waals surface area (Å²) >= 11 is 0. The van der Waals surface area contributed by atoms with Crippen LogP contribution in [0, 0.1) is 12.8 Å². The third-order valence-electron chi connectivity index (χ3n) is 4.73. The van der Waals surface area contributed by atoms with E-state index in [9.17, 15) is 0 Å². The van der Waals surface area contributed by atoms with E-state index in [1.54, 1.807) is 0 Å². The van der Waals surface area contributed by atoms with Crippen LogP contribution in [0.15, 0.2) is 24.3 Å². The number of nitrogens with zero attached hydrogens (tertiary/aromatic N) is 1. The molecule has 0 saturated carbocycles. The Balaban J connectivity index is 1.97. The Morgan fingerprint density at radius 3 is 2.62 bits per heavy atom. The van der Waals surface area contributed by atoms with Crippen LogP contribution in [0.4, 0.5) is 0 Å². The van der Waals surface area contributed by atoms with Crippen LogP contribution in [-0.4, -0.2) is 44.8 Å². The summed E-state index contributed by atoms with van der Waals surface area (Å²) in [5, 5.41) is 3.48. The van der Waals surface area contributed by atoms with E-state index >= 15 is 0 Å². The molecule has 0 aromatic heterocycles. The van der Waals surface area contributed by atoms with Crippen LogP contribution in [0.1, 0.15) is 36.9 Å². The number of hydrogen-bond acceptors (Lipinski definition) is 3. The molecule has 3 unspecified atom stereocenters. The fraction of sp³-hybridized carbons (Fsp3) is 0.667. The van der Waals surface area contributed by atoms with Gasteiger partial charge in [0.25, 0.3) is 0 Å². The van der Waals surface area contributed by atoms with E-state index < -0.39 is 0 Å². The Morgan fingerprint density at radius 1 is 1.33 bits per heavy atom. The Bertz CT molecular complexity index is 412. The van der Waals surface area contributed by atoms with Gasteiger partial charge in [0.2, 0.25) is 0 Å². The van der Waals surface area contributed by atoms with Crippen molar-refractivity contribution in [2.24, 2.45) is 5.92 Å². The molecule has 1 N–H and O–H groups in total. The molecule has 2 rings (SSSR count). The van der Waals surface area contributed by atoms with E-state index in [0.717, 1.165) is 19.8 Å². The lowest BCUT2D eigenvalue weighted by Gasteiger charge is -2.35. The smallest absolute Gasteiger partial charge is 0.0506 e. The van der Waals surface area contributed by atoms with Crippen molar-refractivity contribution in [2.75, 3.05) is 33.9 Å². The minimum atomic E-state index is 0.361. The first-order valence-electron chi connectivity index (χ1n) is 8.13. The third kappa shape index (κ3) is 4.53. The van der Waals surface area contributed by atoms with Gasteiger partial charge in [-0.25, -0.2) is 0 Å². The Labute approximate surface area is 129 Å². The minimum absolute atomic E-state index is 0.361. The topological polar surface area (TPSA) is 24.5 Å². The summed E-state index contributed by atoms with van der Waals surface area (Å²) < 4.78 is 5.61. The van der Waals surface area contributed by atoms with Crippen LogP contribution >= 0.6 is 0 Å². The molecule has 3 atom stereocenters. The molecule has 21 heavy (non-hydrogen) atoms. The average molecular weight is 290 g/mol. The van der Waals surface area contributed by atoms with Gasteiger partial charge in [-0.2, -0.15) is 0 Å². The van der Waals surface area contributed by atoms with Gasteiger partial charge in [0.15, 0.2) is 0 Å². The van der Waals surface area contributed by atoms with Gasteiger partial charge in [0.05, 0.1) is 6.61 Å². The summed E-state index contributed by atoms with van der Waals surface area (Å²) in [5.74, 6) is 0.682. The molecule has 3 heteroatoms. The van der Waals surface area contributed by atoms with E-state index in [0.29, 0.717) is 18.0 Å². The average Bonchev–Trinajstić information content (AvgIpc) is 2.50. The molecule has 1 aromatic rings. The molecule has 1 aliphatic heterocycles. The third-order valence-corrected chi connectivity index (χ3v) is 4.73. The van der Waals surface area contributed by atoms with Gasteiger partial charge in [-0.05, 0) is 52.3 Å². The van der Waals surface area contributed by atoms with Crippen molar-refractivity contribution < 1.29 is 4.74 Å². The van der Waals surface area contributed by atoms with Crippen molar-refractivity contribution in [3.05, 3.63) is 35.4 Å². The second kappa shape index (κ2) is 7.92. The summed E-state index contributed by atoms with van der Waals surface area (Å²) in [6.45, 7) is 7.43. The van der Waals surface area contributed by atoms with Crippen LogP contribution in [0.2, 0.25) is 0 Å². The number of likely N-dealkylation sites (N-methyl/N-ethyl adjacent to an activating group) is 2. The van der Waals surface area contributed by atoms with Gasteiger partial charge in [0.1, 0.15) is 0 Å². The van der Waals surface area contributed by atoms with Gasteiger partial charge in [0, 0.05) is 25.2 Å². The zero-order chi connectivity index (χ0) is 15.2. The maximum Gasteiger partial charge on any atom is 0.0506 e. The first-order chi connectivity index (χ1) is 10.1. The number of benzene rings is 1. The van der Waals surface area contributed by atoms with Crippen molar-refractivity contribution in [2.45, 2.75) is 38.8 Å². The Kier molecular flexibility index (Phi) is 6.22. The van der Waals surface area contributed by atoms with Crippen molar-refractivity contribution >= 4 is 0 Å². The van der Waals surface area contributed by atoms with Gasteiger partial charge >= 0.3 is 0 Å². The fourth-order valence-corrected chi connectivity index (χ4v) is 3.24. The molecule has 3 nitrogen and oxygen atoms in total. The van der Waals surface area contributed by atoms with Crippen molar-refractivity contribution in [3.8, 4) is 0 Å². The number of rotatable bonds is 6. The summed E-state index contributed by atoms with van der Waals surface area (Å²) in [7, 11) is 4.29. The Hall–Kier alpha value is -0.900. The largest absolute Gasteiger partial charge is 0.381 e. The molecule has 0 bridgehead atoms. The number of hydrogen-bond donors (Lipinski definition) is 1. The van der Waals surface area contributed by atoms with Crippen molar-refractivity contribution in [1.29, 1.82) is 0 Å².